The summed E-state index contributed by atoms with van der Waals surface area (Å²) in [6.45, 7) is 8.26. The van der Waals surface area contributed by atoms with E-state index >= 15 is 0 Å². The van der Waals surface area contributed by atoms with E-state index in [1.165, 1.54) is 0 Å². The predicted molar refractivity (Wildman–Crippen MR) is 82.8 cm³/mol. The predicted octanol–water partition coefficient (Wildman–Crippen LogP) is 2.18. The molecule has 1 aliphatic carbocycles. The fourth-order valence-corrected chi connectivity index (χ4v) is 3.40. The Morgan fingerprint density at radius 1 is 1.05 bits per heavy atom. The minimum atomic E-state index is -0.681. The van der Waals surface area contributed by atoms with Crippen molar-refractivity contribution in [3.63, 3.8) is 0 Å². The number of ether oxygens (including phenoxy) is 1. The molecule has 0 spiro atoms. The summed E-state index contributed by atoms with van der Waals surface area (Å²) in [5, 5.41) is 9.40. The molecule has 2 fully saturated rings. The Hall–Kier alpha value is -1.30. The minimum absolute atomic E-state index is 0.118. The molecule has 1 saturated carbocycles. The Bertz CT molecular complexity index is 411. The van der Waals surface area contributed by atoms with Gasteiger partial charge in [-0.05, 0) is 33.6 Å². The van der Waals surface area contributed by atoms with E-state index in [1.807, 2.05) is 20.8 Å². The second-order valence-corrected chi connectivity index (χ2v) is 7.30. The lowest BCUT2D eigenvalue weighted by Crippen LogP contribution is -2.55. The number of amides is 1. The highest BCUT2D eigenvalue weighted by molar-refractivity contribution is 5.71. The summed E-state index contributed by atoms with van der Waals surface area (Å²) in [4.78, 5) is 27.5. The van der Waals surface area contributed by atoms with Gasteiger partial charge in [-0.25, -0.2) is 4.79 Å². The van der Waals surface area contributed by atoms with Crippen LogP contribution in [0, 0.1) is 5.92 Å². The number of piperazine rings is 1. The van der Waals surface area contributed by atoms with E-state index in [-0.39, 0.29) is 18.1 Å². The van der Waals surface area contributed by atoms with E-state index in [0.717, 1.165) is 38.8 Å². The summed E-state index contributed by atoms with van der Waals surface area (Å²) in [5.74, 6) is -0.943. The summed E-state index contributed by atoms with van der Waals surface area (Å²) < 4.78 is 5.39. The lowest BCUT2D eigenvalue weighted by atomic mass is 9.83. The molecule has 0 bridgehead atoms. The Balaban J connectivity index is 1.88. The number of nitrogens with zero attached hydrogens (tertiary/aromatic N) is 2. The van der Waals surface area contributed by atoms with Crippen LogP contribution in [0.1, 0.15) is 46.5 Å². The van der Waals surface area contributed by atoms with Crippen LogP contribution in [0.15, 0.2) is 0 Å². The maximum Gasteiger partial charge on any atom is 0.410 e. The topological polar surface area (TPSA) is 70.1 Å². The van der Waals surface area contributed by atoms with Crippen LogP contribution in [0.3, 0.4) is 0 Å². The maximum absolute atomic E-state index is 12.1. The highest BCUT2D eigenvalue weighted by Gasteiger charge is 2.37. The molecule has 22 heavy (non-hydrogen) atoms. The molecular formula is C16H28N2O4. The van der Waals surface area contributed by atoms with Crippen molar-refractivity contribution >= 4 is 12.1 Å². The molecule has 2 rings (SSSR count). The summed E-state index contributed by atoms with van der Waals surface area (Å²) in [7, 11) is 0. The van der Waals surface area contributed by atoms with Crippen LogP contribution in [-0.2, 0) is 9.53 Å². The van der Waals surface area contributed by atoms with Crippen LogP contribution >= 0.6 is 0 Å². The SMILES string of the molecule is CC(C)(C)OC(=O)N1CCN([C@@H]2CCCC[C@H]2C(=O)O)CC1. The third-order valence-corrected chi connectivity index (χ3v) is 4.48. The fraction of sp³-hybridized carbons (Fsp3) is 0.875. The van der Waals surface area contributed by atoms with Gasteiger partial charge in [0, 0.05) is 32.2 Å². The molecule has 1 aliphatic heterocycles. The molecule has 2 atom stereocenters. The standard InChI is InChI=1S/C16H28N2O4/c1-16(2,3)22-15(21)18-10-8-17(9-11-18)13-7-5-4-6-12(13)14(19)20/h12-13H,4-11H2,1-3H3,(H,19,20)/t12-,13-/m1/s1. The number of hydrogen-bond acceptors (Lipinski definition) is 4. The van der Waals surface area contributed by atoms with E-state index in [4.69, 9.17) is 4.74 Å². The van der Waals surface area contributed by atoms with Crippen LogP contribution in [0.2, 0.25) is 0 Å². The van der Waals surface area contributed by atoms with Gasteiger partial charge in [0.1, 0.15) is 5.60 Å². The maximum atomic E-state index is 12.1. The van der Waals surface area contributed by atoms with Gasteiger partial charge in [-0.3, -0.25) is 9.69 Å². The van der Waals surface area contributed by atoms with Crippen molar-refractivity contribution in [3.05, 3.63) is 0 Å². The zero-order chi connectivity index (χ0) is 16.3. The van der Waals surface area contributed by atoms with Crippen molar-refractivity contribution in [2.45, 2.75) is 58.1 Å². The summed E-state index contributed by atoms with van der Waals surface area (Å²) >= 11 is 0. The van der Waals surface area contributed by atoms with E-state index < -0.39 is 11.6 Å². The monoisotopic (exact) mass is 312 g/mol. The number of aliphatic carboxylic acids is 1. The number of carbonyl (C=O) groups excluding carboxylic acids is 1. The number of rotatable bonds is 2. The van der Waals surface area contributed by atoms with Crippen LogP contribution in [0.5, 0.6) is 0 Å². The summed E-state index contributed by atoms with van der Waals surface area (Å²) in [6.07, 6.45) is 3.55. The third kappa shape index (κ3) is 4.35. The smallest absolute Gasteiger partial charge is 0.410 e. The van der Waals surface area contributed by atoms with Gasteiger partial charge in [-0.15, -0.1) is 0 Å². The van der Waals surface area contributed by atoms with E-state index in [9.17, 15) is 14.7 Å². The van der Waals surface area contributed by atoms with Gasteiger partial charge >= 0.3 is 12.1 Å². The van der Waals surface area contributed by atoms with Crippen molar-refractivity contribution < 1.29 is 19.4 Å². The largest absolute Gasteiger partial charge is 0.481 e. The second-order valence-electron chi connectivity index (χ2n) is 7.30. The molecule has 1 saturated heterocycles. The molecule has 0 radical (unpaired) electrons. The van der Waals surface area contributed by atoms with Gasteiger partial charge in [0.25, 0.3) is 0 Å². The first-order valence-electron chi connectivity index (χ1n) is 8.23. The number of hydrogen-bond donors (Lipinski definition) is 1. The van der Waals surface area contributed by atoms with Crippen molar-refractivity contribution in [2.75, 3.05) is 26.2 Å². The average Bonchev–Trinajstić information content (AvgIpc) is 2.45. The molecule has 0 aromatic heterocycles. The highest BCUT2D eigenvalue weighted by atomic mass is 16.6. The molecule has 6 heteroatoms. The normalized spacial score (nSPS) is 27.5. The quantitative estimate of drug-likeness (QED) is 0.846. The summed E-state index contributed by atoms with van der Waals surface area (Å²) in [6, 6.07) is 0.118. The Labute approximate surface area is 132 Å². The van der Waals surface area contributed by atoms with Crippen LogP contribution in [-0.4, -0.2) is 64.8 Å². The first-order chi connectivity index (χ1) is 10.3. The van der Waals surface area contributed by atoms with Gasteiger partial charge in [-0.1, -0.05) is 12.8 Å². The molecular weight excluding hydrogens is 284 g/mol. The second kappa shape index (κ2) is 6.86. The molecule has 0 aromatic carbocycles. The molecule has 2 aliphatic rings. The number of carboxylic acid groups (broad SMARTS) is 1. The summed E-state index contributed by atoms with van der Waals surface area (Å²) in [5.41, 5.74) is -0.480. The molecule has 0 aromatic rings. The van der Waals surface area contributed by atoms with Crippen LogP contribution < -0.4 is 0 Å². The van der Waals surface area contributed by atoms with Gasteiger partial charge in [0.05, 0.1) is 5.92 Å². The van der Waals surface area contributed by atoms with E-state index in [1.54, 1.807) is 4.90 Å². The van der Waals surface area contributed by atoms with Crippen molar-refractivity contribution in [1.29, 1.82) is 0 Å². The van der Waals surface area contributed by atoms with Crippen molar-refractivity contribution in [1.82, 2.24) is 9.80 Å². The van der Waals surface area contributed by atoms with Crippen LogP contribution in [0.4, 0.5) is 4.79 Å². The van der Waals surface area contributed by atoms with Crippen molar-refractivity contribution in [2.24, 2.45) is 5.92 Å². The fourth-order valence-electron chi connectivity index (χ4n) is 3.40. The first-order valence-corrected chi connectivity index (χ1v) is 8.23. The minimum Gasteiger partial charge on any atom is -0.481 e. The van der Waals surface area contributed by atoms with Crippen LogP contribution in [0.25, 0.3) is 0 Å². The molecule has 6 nitrogen and oxygen atoms in total. The van der Waals surface area contributed by atoms with E-state index in [0.29, 0.717) is 13.1 Å². The average molecular weight is 312 g/mol. The molecule has 1 N–H and O–H groups in total. The molecule has 0 unspecified atom stereocenters. The zero-order valence-electron chi connectivity index (χ0n) is 13.9. The zero-order valence-corrected chi connectivity index (χ0v) is 13.9. The Morgan fingerprint density at radius 2 is 1.64 bits per heavy atom. The molecule has 126 valence electrons. The number of carboxylic acids is 1. The van der Waals surface area contributed by atoms with E-state index in [2.05, 4.69) is 4.90 Å². The third-order valence-electron chi connectivity index (χ3n) is 4.48. The molecule has 1 amide bonds. The number of carbonyl (C=O) groups is 2. The first kappa shape index (κ1) is 17.1. The Morgan fingerprint density at radius 3 is 2.18 bits per heavy atom. The highest BCUT2D eigenvalue weighted by Crippen LogP contribution is 2.29. The van der Waals surface area contributed by atoms with Gasteiger partial charge in [-0.2, -0.15) is 0 Å². The molecule has 1 heterocycles. The lowest BCUT2D eigenvalue weighted by Gasteiger charge is -2.43. The van der Waals surface area contributed by atoms with Gasteiger partial charge < -0.3 is 14.7 Å². The van der Waals surface area contributed by atoms with Crippen molar-refractivity contribution in [3.8, 4) is 0 Å². The van der Waals surface area contributed by atoms with Gasteiger partial charge in [0.15, 0.2) is 0 Å². The Kier molecular flexibility index (Phi) is 5.32. The lowest BCUT2D eigenvalue weighted by molar-refractivity contribution is -0.146. The van der Waals surface area contributed by atoms with Gasteiger partial charge in [0.2, 0.25) is 0 Å².